The summed E-state index contributed by atoms with van der Waals surface area (Å²) in [6.45, 7) is 2.21. The lowest BCUT2D eigenvalue weighted by Crippen LogP contribution is -1.89. The Hall–Kier alpha value is -1.80. The van der Waals surface area contributed by atoms with Crippen molar-refractivity contribution >= 4 is 22.5 Å². The maximum atomic E-state index is 5.75. The molecule has 120 valence electrons. The number of H-pyrrole nitrogens is 1. The fraction of sp³-hybridized carbons (Fsp3) is 0.350. The summed E-state index contributed by atoms with van der Waals surface area (Å²) in [4.78, 5) is 7.82. The van der Waals surface area contributed by atoms with Crippen LogP contribution in [0.3, 0.4) is 0 Å². The highest BCUT2D eigenvalue weighted by molar-refractivity contribution is 6.17. The second-order valence-electron chi connectivity index (χ2n) is 6.06. The number of halogens is 1. The number of nitrogens with zero attached hydrogens (tertiary/aromatic N) is 1. The van der Waals surface area contributed by atoms with Crippen LogP contribution < -0.4 is 0 Å². The second-order valence-corrected chi connectivity index (χ2v) is 6.44. The fourth-order valence-electron chi connectivity index (χ4n) is 3.27. The Morgan fingerprint density at radius 1 is 1.04 bits per heavy atom. The molecule has 0 bridgehead atoms. The van der Waals surface area contributed by atoms with Crippen LogP contribution in [0.5, 0.6) is 0 Å². The SMILES string of the molecule is Cc1c(-c2cccnc2)[nH]c2cccc(CCCCCCCl)c12. The molecule has 23 heavy (non-hydrogen) atoms. The van der Waals surface area contributed by atoms with E-state index in [9.17, 15) is 0 Å². The van der Waals surface area contributed by atoms with E-state index in [2.05, 4.69) is 41.2 Å². The first-order valence-corrected chi connectivity index (χ1v) is 8.91. The first-order valence-electron chi connectivity index (χ1n) is 8.38. The van der Waals surface area contributed by atoms with Gasteiger partial charge in [-0.1, -0.05) is 25.0 Å². The Kier molecular flexibility index (Phi) is 5.35. The third kappa shape index (κ3) is 3.59. The number of rotatable bonds is 7. The fourth-order valence-corrected chi connectivity index (χ4v) is 3.46. The molecule has 0 atom stereocenters. The number of hydrogen-bond donors (Lipinski definition) is 1. The van der Waals surface area contributed by atoms with Gasteiger partial charge in [-0.3, -0.25) is 4.98 Å². The molecule has 3 aromatic rings. The smallest absolute Gasteiger partial charge is 0.0510 e. The monoisotopic (exact) mass is 326 g/mol. The zero-order valence-corrected chi connectivity index (χ0v) is 14.4. The average Bonchev–Trinajstić information content (AvgIpc) is 2.93. The van der Waals surface area contributed by atoms with Crippen LogP contribution >= 0.6 is 11.6 Å². The van der Waals surface area contributed by atoms with Crippen LogP contribution in [-0.4, -0.2) is 15.8 Å². The summed E-state index contributed by atoms with van der Waals surface area (Å²) in [5.74, 6) is 0.779. The minimum Gasteiger partial charge on any atom is -0.354 e. The van der Waals surface area contributed by atoms with Crippen LogP contribution in [0.4, 0.5) is 0 Å². The number of aryl methyl sites for hydroxylation is 2. The third-order valence-electron chi connectivity index (χ3n) is 4.44. The first-order chi connectivity index (χ1) is 11.3. The molecule has 0 aliphatic rings. The highest BCUT2D eigenvalue weighted by Gasteiger charge is 2.12. The van der Waals surface area contributed by atoms with Crippen molar-refractivity contribution in [3.8, 4) is 11.3 Å². The zero-order valence-electron chi connectivity index (χ0n) is 13.6. The van der Waals surface area contributed by atoms with Gasteiger partial charge < -0.3 is 4.98 Å². The summed E-state index contributed by atoms with van der Waals surface area (Å²) < 4.78 is 0. The number of aromatic amines is 1. The first kappa shape index (κ1) is 16.1. The molecule has 0 fully saturated rings. The van der Waals surface area contributed by atoms with Crippen molar-refractivity contribution in [3.63, 3.8) is 0 Å². The van der Waals surface area contributed by atoms with Gasteiger partial charge in [0, 0.05) is 34.7 Å². The Bertz CT molecular complexity index is 762. The number of fused-ring (bicyclic) bond motifs is 1. The van der Waals surface area contributed by atoms with Crippen molar-refractivity contribution in [2.24, 2.45) is 0 Å². The van der Waals surface area contributed by atoms with Crippen molar-refractivity contribution in [2.45, 2.75) is 39.0 Å². The predicted molar refractivity (Wildman–Crippen MR) is 99.2 cm³/mol. The molecule has 0 saturated carbocycles. The Labute approximate surface area is 142 Å². The van der Waals surface area contributed by atoms with Gasteiger partial charge >= 0.3 is 0 Å². The summed E-state index contributed by atoms with van der Waals surface area (Å²) in [5, 5.41) is 1.38. The minimum atomic E-state index is 0.779. The standard InChI is InChI=1S/C20H23ClN2/c1-15-19-16(8-4-2-3-5-12-21)9-6-11-18(19)23-20(15)17-10-7-13-22-14-17/h6-7,9-11,13-14,23H,2-5,8,12H2,1H3. The van der Waals surface area contributed by atoms with Crippen LogP contribution in [-0.2, 0) is 6.42 Å². The van der Waals surface area contributed by atoms with E-state index >= 15 is 0 Å². The Balaban J connectivity index is 1.87. The largest absolute Gasteiger partial charge is 0.354 e. The summed E-state index contributed by atoms with van der Waals surface area (Å²) >= 11 is 5.75. The number of hydrogen-bond acceptors (Lipinski definition) is 1. The number of alkyl halides is 1. The summed E-state index contributed by atoms with van der Waals surface area (Å²) in [5.41, 5.74) is 6.32. The van der Waals surface area contributed by atoms with Crippen molar-refractivity contribution < 1.29 is 0 Å². The molecule has 0 saturated heterocycles. The van der Waals surface area contributed by atoms with Gasteiger partial charge in [0.15, 0.2) is 0 Å². The quantitative estimate of drug-likeness (QED) is 0.426. The lowest BCUT2D eigenvalue weighted by Gasteiger charge is -2.05. The highest BCUT2D eigenvalue weighted by atomic mass is 35.5. The van der Waals surface area contributed by atoms with Crippen LogP contribution in [0.1, 0.15) is 36.8 Å². The molecular formula is C20H23ClN2. The molecule has 1 aromatic carbocycles. The van der Waals surface area contributed by atoms with Gasteiger partial charge in [-0.15, -0.1) is 11.6 Å². The van der Waals surface area contributed by atoms with Crippen LogP contribution in [0.2, 0.25) is 0 Å². The van der Waals surface area contributed by atoms with Crippen LogP contribution in [0.15, 0.2) is 42.7 Å². The molecule has 0 amide bonds. The molecule has 0 unspecified atom stereocenters. The van der Waals surface area contributed by atoms with Gasteiger partial charge in [-0.25, -0.2) is 0 Å². The Morgan fingerprint density at radius 3 is 2.70 bits per heavy atom. The normalized spacial score (nSPS) is 11.2. The number of benzene rings is 1. The molecule has 0 radical (unpaired) electrons. The van der Waals surface area contributed by atoms with Gasteiger partial charge in [0.05, 0.1) is 5.69 Å². The molecule has 0 aliphatic carbocycles. The van der Waals surface area contributed by atoms with Gasteiger partial charge in [-0.2, -0.15) is 0 Å². The maximum Gasteiger partial charge on any atom is 0.0510 e. The molecular weight excluding hydrogens is 304 g/mol. The highest BCUT2D eigenvalue weighted by Crippen LogP contribution is 2.32. The van der Waals surface area contributed by atoms with Gasteiger partial charge in [0.2, 0.25) is 0 Å². The summed E-state index contributed by atoms with van der Waals surface area (Å²) in [6, 6.07) is 10.7. The van der Waals surface area contributed by atoms with Crippen molar-refractivity contribution in [2.75, 3.05) is 5.88 Å². The van der Waals surface area contributed by atoms with Gasteiger partial charge in [0.1, 0.15) is 0 Å². The maximum absolute atomic E-state index is 5.75. The molecule has 2 aromatic heterocycles. The molecule has 2 nitrogen and oxygen atoms in total. The lowest BCUT2D eigenvalue weighted by molar-refractivity contribution is 0.670. The van der Waals surface area contributed by atoms with Crippen LogP contribution in [0.25, 0.3) is 22.2 Å². The lowest BCUT2D eigenvalue weighted by atomic mass is 9.99. The van der Waals surface area contributed by atoms with E-state index in [4.69, 9.17) is 11.6 Å². The van der Waals surface area contributed by atoms with E-state index in [0.717, 1.165) is 24.3 Å². The minimum absolute atomic E-state index is 0.779. The molecule has 3 rings (SSSR count). The van der Waals surface area contributed by atoms with Crippen molar-refractivity contribution in [1.29, 1.82) is 0 Å². The van der Waals surface area contributed by atoms with E-state index in [1.807, 2.05) is 18.5 Å². The van der Waals surface area contributed by atoms with Crippen molar-refractivity contribution in [1.82, 2.24) is 9.97 Å². The van der Waals surface area contributed by atoms with E-state index in [-0.39, 0.29) is 0 Å². The number of pyridine rings is 1. The molecule has 1 N–H and O–H groups in total. The van der Waals surface area contributed by atoms with E-state index in [0.29, 0.717) is 0 Å². The third-order valence-corrected chi connectivity index (χ3v) is 4.71. The van der Waals surface area contributed by atoms with Gasteiger partial charge in [-0.05, 0) is 55.5 Å². The second kappa shape index (κ2) is 7.65. The average molecular weight is 327 g/mol. The molecule has 0 spiro atoms. The number of nitrogens with one attached hydrogen (secondary N) is 1. The molecule has 3 heteroatoms. The van der Waals surface area contributed by atoms with E-state index in [1.54, 1.807) is 0 Å². The number of unbranched alkanes of at least 4 members (excludes halogenated alkanes) is 3. The topological polar surface area (TPSA) is 28.7 Å². The molecule has 2 heterocycles. The van der Waals surface area contributed by atoms with E-state index < -0.39 is 0 Å². The number of aromatic nitrogens is 2. The zero-order chi connectivity index (χ0) is 16.1. The molecule has 0 aliphatic heterocycles. The van der Waals surface area contributed by atoms with Crippen LogP contribution in [0, 0.1) is 6.92 Å². The predicted octanol–water partition coefficient (Wildman–Crippen LogP) is 5.88. The van der Waals surface area contributed by atoms with Gasteiger partial charge in [0.25, 0.3) is 0 Å². The van der Waals surface area contributed by atoms with Crippen molar-refractivity contribution in [3.05, 3.63) is 53.9 Å². The van der Waals surface area contributed by atoms with E-state index in [1.165, 1.54) is 47.0 Å². The summed E-state index contributed by atoms with van der Waals surface area (Å²) in [6.07, 6.45) is 9.69. The Morgan fingerprint density at radius 2 is 1.91 bits per heavy atom. The summed E-state index contributed by atoms with van der Waals surface area (Å²) in [7, 11) is 0.